The summed E-state index contributed by atoms with van der Waals surface area (Å²) in [7, 11) is 3.16. The van der Waals surface area contributed by atoms with Crippen LogP contribution in [0.3, 0.4) is 0 Å². The molecule has 2 aromatic heterocycles. The summed E-state index contributed by atoms with van der Waals surface area (Å²) < 4.78 is 12.8. The van der Waals surface area contributed by atoms with Gasteiger partial charge in [-0.05, 0) is 42.6 Å². The second kappa shape index (κ2) is 8.05. The van der Waals surface area contributed by atoms with Gasteiger partial charge in [0.25, 0.3) is 5.91 Å². The molecule has 8 heteroatoms. The van der Waals surface area contributed by atoms with Crippen LogP contribution in [0.15, 0.2) is 71.2 Å². The Bertz CT molecular complexity index is 1340. The SMILES string of the molecule is COc1ccc(NC(=O)C2=C(C)Nc3nc4ccccc4n3[C@@H]2c2cccs2)c(OC)c1. The number of ether oxygens (including phenoxy) is 2. The van der Waals surface area contributed by atoms with E-state index >= 15 is 0 Å². The van der Waals surface area contributed by atoms with Gasteiger partial charge in [0.05, 0.1) is 36.5 Å². The number of para-hydroxylation sites is 2. The second-order valence-electron chi connectivity index (χ2n) is 7.40. The standard InChI is InChI=1S/C24H22N4O3S/c1-14-21(23(29)26-17-11-10-15(30-2)13-19(17)31-3)22(20-9-6-12-32-20)28-18-8-5-4-7-16(18)27-24(28)25-14/h4-13,22H,1-3H3,(H,25,27)(H,26,29)/t22-/m1/s1. The molecule has 0 spiro atoms. The topological polar surface area (TPSA) is 77.4 Å². The Balaban J connectivity index is 1.60. The highest BCUT2D eigenvalue weighted by Crippen LogP contribution is 2.41. The molecule has 2 N–H and O–H groups in total. The van der Waals surface area contributed by atoms with Gasteiger partial charge in [0, 0.05) is 16.6 Å². The van der Waals surface area contributed by atoms with Crippen LogP contribution in [0.4, 0.5) is 11.6 Å². The van der Waals surface area contributed by atoms with Gasteiger partial charge in [-0.25, -0.2) is 4.98 Å². The van der Waals surface area contributed by atoms with E-state index in [-0.39, 0.29) is 11.9 Å². The van der Waals surface area contributed by atoms with Crippen molar-refractivity contribution in [3.63, 3.8) is 0 Å². The molecule has 4 aromatic rings. The normalized spacial score (nSPS) is 15.3. The van der Waals surface area contributed by atoms with Crippen molar-refractivity contribution in [1.82, 2.24) is 9.55 Å². The fourth-order valence-electron chi connectivity index (χ4n) is 4.07. The number of amides is 1. The highest BCUT2D eigenvalue weighted by molar-refractivity contribution is 7.10. The summed E-state index contributed by atoms with van der Waals surface area (Å²) in [5, 5.41) is 8.38. The van der Waals surface area contributed by atoms with Crippen LogP contribution in [-0.4, -0.2) is 29.7 Å². The third-order valence-corrected chi connectivity index (χ3v) is 6.47. The summed E-state index contributed by atoms with van der Waals surface area (Å²) in [6.45, 7) is 1.91. The third kappa shape index (κ3) is 3.29. The van der Waals surface area contributed by atoms with Crippen molar-refractivity contribution in [2.24, 2.45) is 0 Å². The Morgan fingerprint density at radius 2 is 1.97 bits per heavy atom. The van der Waals surface area contributed by atoms with Crippen molar-refractivity contribution in [3.8, 4) is 11.5 Å². The van der Waals surface area contributed by atoms with E-state index in [0.717, 1.165) is 27.6 Å². The molecule has 2 aromatic carbocycles. The number of hydrogen-bond donors (Lipinski definition) is 2. The molecule has 0 aliphatic carbocycles. The molecule has 0 radical (unpaired) electrons. The number of thiophene rings is 1. The van der Waals surface area contributed by atoms with Gasteiger partial charge in [0.2, 0.25) is 5.95 Å². The molecule has 1 aliphatic heterocycles. The van der Waals surface area contributed by atoms with Crippen molar-refractivity contribution >= 4 is 39.9 Å². The zero-order chi connectivity index (χ0) is 22.2. The molecule has 32 heavy (non-hydrogen) atoms. The highest BCUT2D eigenvalue weighted by atomic mass is 32.1. The van der Waals surface area contributed by atoms with Crippen LogP contribution < -0.4 is 20.1 Å². The Kier molecular flexibility index (Phi) is 5.07. The smallest absolute Gasteiger partial charge is 0.255 e. The lowest BCUT2D eigenvalue weighted by Crippen LogP contribution is -2.30. The van der Waals surface area contributed by atoms with E-state index < -0.39 is 0 Å². The molecule has 0 unspecified atom stereocenters. The fourth-order valence-corrected chi connectivity index (χ4v) is 4.89. The molecule has 5 rings (SSSR count). The molecule has 0 bridgehead atoms. The number of hydrogen-bond acceptors (Lipinski definition) is 6. The number of fused-ring (bicyclic) bond motifs is 3. The number of carbonyl (C=O) groups excluding carboxylic acids is 1. The van der Waals surface area contributed by atoms with Crippen LogP contribution in [0.2, 0.25) is 0 Å². The summed E-state index contributed by atoms with van der Waals surface area (Å²) in [6, 6.07) is 17.0. The van der Waals surface area contributed by atoms with Gasteiger partial charge in [-0.15, -0.1) is 11.3 Å². The van der Waals surface area contributed by atoms with Gasteiger partial charge < -0.3 is 20.1 Å². The van der Waals surface area contributed by atoms with Crippen molar-refractivity contribution in [2.45, 2.75) is 13.0 Å². The molecule has 1 atom stereocenters. The molecular formula is C24H22N4O3S. The van der Waals surface area contributed by atoms with Gasteiger partial charge in [0.1, 0.15) is 17.5 Å². The molecule has 162 valence electrons. The van der Waals surface area contributed by atoms with Gasteiger partial charge in [-0.1, -0.05) is 18.2 Å². The van der Waals surface area contributed by atoms with Crippen LogP contribution in [0.1, 0.15) is 17.8 Å². The first-order valence-electron chi connectivity index (χ1n) is 10.1. The van der Waals surface area contributed by atoms with Crippen molar-refractivity contribution in [3.05, 3.63) is 76.1 Å². The Morgan fingerprint density at radius 3 is 2.72 bits per heavy atom. The second-order valence-corrected chi connectivity index (χ2v) is 8.38. The summed E-state index contributed by atoms with van der Waals surface area (Å²) in [5.41, 5.74) is 3.80. The monoisotopic (exact) mass is 446 g/mol. The quantitative estimate of drug-likeness (QED) is 0.449. The van der Waals surface area contributed by atoms with Gasteiger partial charge >= 0.3 is 0 Å². The van der Waals surface area contributed by atoms with E-state index in [1.54, 1.807) is 43.8 Å². The number of aromatic nitrogens is 2. The number of benzene rings is 2. The first-order valence-corrected chi connectivity index (χ1v) is 11.0. The summed E-state index contributed by atoms with van der Waals surface area (Å²) in [4.78, 5) is 19.5. The Labute approximate surface area is 189 Å². The van der Waals surface area contributed by atoms with E-state index in [2.05, 4.69) is 15.2 Å². The average molecular weight is 447 g/mol. The lowest BCUT2D eigenvalue weighted by Gasteiger charge is -2.30. The van der Waals surface area contributed by atoms with Crippen LogP contribution >= 0.6 is 11.3 Å². The molecular weight excluding hydrogens is 424 g/mol. The van der Waals surface area contributed by atoms with E-state index in [0.29, 0.717) is 22.8 Å². The van der Waals surface area contributed by atoms with E-state index in [1.165, 1.54) is 0 Å². The molecule has 7 nitrogen and oxygen atoms in total. The minimum Gasteiger partial charge on any atom is -0.497 e. The van der Waals surface area contributed by atoms with Gasteiger partial charge in [0.15, 0.2) is 0 Å². The molecule has 3 heterocycles. The van der Waals surface area contributed by atoms with Gasteiger partial charge in [-0.2, -0.15) is 0 Å². The molecule has 0 saturated heterocycles. The molecule has 1 amide bonds. The number of nitrogens with one attached hydrogen (secondary N) is 2. The predicted octanol–water partition coefficient (Wildman–Crippen LogP) is 5.04. The summed E-state index contributed by atoms with van der Waals surface area (Å²) in [5.74, 6) is 1.70. The van der Waals surface area contributed by atoms with Crippen molar-refractivity contribution in [2.75, 3.05) is 24.9 Å². The van der Waals surface area contributed by atoms with E-state index in [4.69, 9.17) is 14.5 Å². The highest BCUT2D eigenvalue weighted by Gasteiger charge is 2.34. The number of carbonyl (C=O) groups is 1. The molecule has 1 aliphatic rings. The fraction of sp³-hybridized carbons (Fsp3) is 0.167. The number of methoxy groups -OCH3 is 2. The van der Waals surface area contributed by atoms with Crippen LogP contribution in [0.25, 0.3) is 11.0 Å². The number of allylic oxidation sites excluding steroid dienone is 1. The average Bonchev–Trinajstić information content (AvgIpc) is 3.46. The summed E-state index contributed by atoms with van der Waals surface area (Å²) in [6.07, 6.45) is 0. The predicted molar refractivity (Wildman–Crippen MR) is 127 cm³/mol. The largest absolute Gasteiger partial charge is 0.497 e. The zero-order valence-electron chi connectivity index (χ0n) is 17.9. The number of nitrogens with zero attached hydrogens (tertiary/aromatic N) is 2. The maximum atomic E-state index is 13.6. The van der Waals surface area contributed by atoms with Crippen LogP contribution in [-0.2, 0) is 4.79 Å². The molecule has 0 saturated carbocycles. The first-order chi connectivity index (χ1) is 15.6. The number of imidazole rings is 1. The maximum Gasteiger partial charge on any atom is 0.255 e. The van der Waals surface area contributed by atoms with Crippen LogP contribution in [0, 0.1) is 0 Å². The minimum absolute atomic E-state index is 0.208. The van der Waals surface area contributed by atoms with E-state index in [1.807, 2.05) is 48.7 Å². The number of anilines is 2. The lowest BCUT2D eigenvalue weighted by molar-refractivity contribution is -0.113. The number of rotatable bonds is 5. The summed E-state index contributed by atoms with van der Waals surface area (Å²) >= 11 is 1.62. The van der Waals surface area contributed by atoms with Crippen LogP contribution in [0.5, 0.6) is 11.5 Å². The van der Waals surface area contributed by atoms with Gasteiger partial charge in [-0.3, -0.25) is 9.36 Å². The zero-order valence-corrected chi connectivity index (χ0v) is 18.7. The first kappa shape index (κ1) is 20.1. The molecule has 0 fully saturated rings. The maximum absolute atomic E-state index is 13.6. The minimum atomic E-state index is -0.303. The third-order valence-electron chi connectivity index (χ3n) is 5.54. The van der Waals surface area contributed by atoms with E-state index in [9.17, 15) is 4.79 Å². The Hall–Kier alpha value is -3.78. The lowest BCUT2D eigenvalue weighted by atomic mass is 9.99. The van der Waals surface area contributed by atoms with Crippen molar-refractivity contribution in [1.29, 1.82) is 0 Å². The van der Waals surface area contributed by atoms with Crippen molar-refractivity contribution < 1.29 is 14.3 Å². The Morgan fingerprint density at radius 1 is 1.12 bits per heavy atom.